The van der Waals surface area contributed by atoms with E-state index in [9.17, 15) is 0 Å². The number of hydrogen-bond donors (Lipinski definition) is 2. The summed E-state index contributed by atoms with van der Waals surface area (Å²) in [6.07, 6.45) is 1.93. The zero-order valence-corrected chi connectivity index (χ0v) is 10.6. The summed E-state index contributed by atoms with van der Waals surface area (Å²) >= 11 is 0. The van der Waals surface area contributed by atoms with Crippen LogP contribution >= 0.6 is 0 Å². The van der Waals surface area contributed by atoms with E-state index >= 15 is 0 Å². The maximum atomic E-state index is 7.35. The van der Waals surface area contributed by atoms with Crippen LogP contribution in [0.5, 0.6) is 0 Å². The molecule has 0 saturated heterocycles. The van der Waals surface area contributed by atoms with Gasteiger partial charge in [0.25, 0.3) is 0 Å². The quantitative estimate of drug-likeness (QED) is 0.629. The highest BCUT2D eigenvalue weighted by molar-refractivity contribution is 5.95. The minimum Gasteiger partial charge on any atom is -0.384 e. The van der Waals surface area contributed by atoms with E-state index in [0.717, 1.165) is 23.5 Å². The number of nitrogens with two attached hydrogens (primary N) is 1. The summed E-state index contributed by atoms with van der Waals surface area (Å²) in [4.78, 5) is 2.10. The Bertz CT molecular complexity index is 541. The molecule has 1 heterocycles. The van der Waals surface area contributed by atoms with Gasteiger partial charge in [0.2, 0.25) is 0 Å². The molecule has 5 nitrogen and oxygen atoms in total. The number of aryl methyl sites for hydroxylation is 1. The predicted molar refractivity (Wildman–Crippen MR) is 72.8 cm³/mol. The first kappa shape index (κ1) is 12.2. The molecule has 0 fully saturated rings. The molecule has 1 aromatic carbocycles. The second kappa shape index (κ2) is 4.91. The average molecular weight is 243 g/mol. The van der Waals surface area contributed by atoms with Gasteiger partial charge in [-0.1, -0.05) is 0 Å². The van der Waals surface area contributed by atoms with Crippen molar-refractivity contribution in [1.29, 1.82) is 5.41 Å². The Morgan fingerprint density at radius 1 is 1.33 bits per heavy atom. The van der Waals surface area contributed by atoms with Gasteiger partial charge in [-0.2, -0.15) is 5.10 Å². The summed E-state index contributed by atoms with van der Waals surface area (Å²) in [6.45, 7) is 0.750. The summed E-state index contributed by atoms with van der Waals surface area (Å²) in [5, 5.41) is 11.7. The molecule has 0 bridgehead atoms. The lowest BCUT2D eigenvalue weighted by molar-refractivity contribution is 0.734. The van der Waals surface area contributed by atoms with Crippen LogP contribution in [0.4, 0.5) is 5.69 Å². The van der Waals surface area contributed by atoms with Crippen molar-refractivity contribution >= 4 is 11.5 Å². The lowest BCUT2D eigenvalue weighted by Crippen LogP contribution is -2.17. The molecule has 5 heteroatoms. The highest BCUT2D eigenvalue weighted by atomic mass is 15.3. The molecule has 3 N–H and O–H groups in total. The van der Waals surface area contributed by atoms with E-state index in [0.29, 0.717) is 0 Å². The van der Waals surface area contributed by atoms with Crippen LogP contribution in [-0.4, -0.2) is 22.7 Å². The van der Waals surface area contributed by atoms with Gasteiger partial charge >= 0.3 is 0 Å². The highest BCUT2D eigenvalue weighted by Crippen LogP contribution is 2.15. The second-order valence-electron chi connectivity index (χ2n) is 4.30. The Morgan fingerprint density at radius 2 is 2.00 bits per heavy atom. The molecule has 0 aliphatic rings. The van der Waals surface area contributed by atoms with Crippen molar-refractivity contribution in [1.82, 2.24) is 9.78 Å². The van der Waals surface area contributed by atoms with Crippen molar-refractivity contribution in [2.45, 2.75) is 6.54 Å². The van der Waals surface area contributed by atoms with Crippen LogP contribution in [0.15, 0.2) is 36.5 Å². The van der Waals surface area contributed by atoms with Gasteiger partial charge < -0.3 is 10.6 Å². The van der Waals surface area contributed by atoms with Gasteiger partial charge in [0.15, 0.2) is 0 Å². The topological polar surface area (TPSA) is 70.9 Å². The van der Waals surface area contributed by atoms with Crippen LogP contribution in [-0.2, 0) is 13.6 Å². The van der Waals surface area contributed by atoms with Crippen molar-refractivity contribution in [3.63, 3.8) is 0 Å². The van der Waals surface area contributed by atoms with E-state index in [1.807, 2.05) is 50.6 Å². The average Bonchev–Trinajstić information content (AvgIpc) is 2.75. The van der Waals surface area contributed by atoms with E-state index < -0.39 is 0 Å². The van der Waals surface area contributed by atoms with Gasteiger partial charge in [-0.15, -0.1) is 0 Å². The number of rotatable bonds is 4. The van der Waals surface area contributed by atoms with Crippen LogP contribution in [0.3, 0.4) is 0 Å². The van der Waals surface area contributed by atoms with E-state index in [1.54, 1.807) is 4.68 Å². The molecule has 0 atom stereocenters. The third-order valence-electron chi connectivity index (χ3n) is 2.79. The fourth-order valence-electron chi connectivity index (χ4n) is 1.78. The van der Waals surface area contributed by atoms with E-state index in [1.165, 1.54) is 0 Å². The largest absolute Gasteiger partial charge is 0.384 e. The maximum absolute atomic E-state index is 7.35. The van der Waals surface area contributed by atoms with Crippen LogP contribution in [0.25, 0.3) is 0 Å². The molecule has 18 heavy (non-hydrogen) atoms. The number of anilines is 1. The Labute approximate surface area is 106 Å². The molecular formula is C13H17N5. The first-order valence-corrected chi connectivity index (χ1v) is 5.70. The summed E-state index contributed by atoms with van der Waals surface area (Å²) in [6, 6.07) is 9.62. The molecule has 1 aromatic heterocycles. The molecule has 94 valence electrons. The van der Waals surface area contributed by atoms with Crippen LogP contribution in [0, 0.1) is 5.41 Å². The number of aromatic nitrogens is 2. The Hall–Kier alpha value is -2.30. The molecule has 0 radical (unpaired) electrons. The maximum Gasteiger partial charge on any atom is 0.122 e. The summed E-state index contributed by atoms with van der Waals surface area (Å²) in [5.74, 6) is 0.0916. The normalized spacial score (nSPS) is 10.3. The molecule has 0 unspecified atom stereocenters. The molecule has 2 rings (SSSR count). The Kier molecular flexibility index (Phi) is 3.32. The smallest absolute Gasteiger partial charge is 0.122 e. The van der Waals surface area contributed by atoms with Gasteiger partial charge in [0.05, 0.1) is 12.2 Å². The van der Waals surface area contributed by atoms with E-state index in [-0.39, 0.29) is 5.84 Å². The number of nitrogen functional groups attached to an aromatic ring is 1. The predicted octanol–water partition coefficient (Wildman–Crippen LogP) is 1.34. The fourth-order valence-corrected chi connectivity index (χ4v) is 1.78. The molecule has 0 spiro atoms. The summed E-state index contributed by atoms with van der Waals surface area (Å²) in [5.41, 5.74) is 8.26. The SMILES string of the molecule is CN(Cc1ccn(C)n1)c1ccc(C(=N)N)cc1. The van der Waals surface area contributed by atoms with Gasteiger partial charge in [-0.05, 0) is 30.3 Å². The number of amidine groups is 1. The van der Waals surface area contributed by atoms with Crippen molar-refractivity contribution in [2.24, 2.45) is 12.8 Å². The lowest BCUT2D eigenvalue weighted by atomic mass is 10.2. The molecule has 2 aromatic rings. The van der Waals surface area contributed by atoms with Gasteiger partial charge in [0, 0.05) is 31.5 Å². The van der Waals surface area contributed by atoms with E-state index in [4.69, 9.17) is 11.1 Å². The molecule has 0 aliphatic heterocycles. The van der Waals surface area contributed by atoms with Gasteiger partial charge in [-0.3, -0.25) is 10.1 Å². The first-order valence-electron chi connectivity index (χ1n) is 5.70. The highest BCUT2D eigenvalue weighted by Gasteiger charge is 2.05. The standard InChI is InChI=1S/C13H17N5/c1-17(9-11-7-8-18(2)16-11)12-5-3-10(4-6-12)13(14)15/h3-8H,9H2,1-2H3,(H3,14,15). The second-order valence-corrected chi connectivity index (χ2v) is 4.30. The van der Waals surface area contributed by atoms with Crippen LogP contribution < -0.4 is 10.6 Å². The zero-order chi connectivity index (χ0) is 13.1. The van der Waals surface area contributed by atoms with Crippen molar-refractivity contribution < 1.29 is 0 Å². The Balaban J connectivity index is 2.09. The monoisotopic (exact) mass is 243 g/mol. The number of nitrogens with zero attached hydrogens (tertiary/aromatic N) is 3. The summed E-state index contributed by atoms with van der Waals surface area (Å²) in [7, 11) is 3.92. The number of hydrogen-bond acceptors (Lipinski definition) is 3. The molecular weight excluding hydrogens is 226 g/mol. The first-order chi connectivity index (χ1) is 8.56. The minimum atomic E-state index is 0.0916. The summed E-state index contributed by atoms with van der Waals surface area (Å²) < 4.78 is 1.79. The molecule has 0 saturated carbocycles. The van der Waals surface area contributed by atoms with Crippen molar-refractivity contribution in [3.8, 4) is 0 Å². The zero-order valence-electron chi connectivity index (χ0n) is 10.6. The Morgan fingerprint density at radius 3 is 2.50 bits per heavy atom. The minimum absolute atomic E-state index is 0.0916. The van der Waals surface area contributed by atoms with Crippen LogP contribution in [0.1, 0.15) is 11.3 Å². The van der Waals surface area contributed by atoms with Gasteiger partial charge in [0.1, 0.15) is 5.84 Å². The van der Waals surface area contributed by atoms with Crippen LogP contribution in [0.2, 0.25) is 0 Å². The van der Waals surface area contributed by atoms with E-state index in [2.05, 4.69) is 10.00 Å². The lowest BCUT2D eigenvalue weighted by Gasteiger charge is -2.18. The number of benzene rings is 1. The van der Waals surface area contributed by atoms with Crippen molar-refractivity contribution in [3.05, 3.63) is 47.8 Å². The van der Waals surface area contributed by atoms with Crippen molar-refractivity contribution in [2.75, 3.05) is 11.9 Å². The molecule has 0 amide bonds. The van der Waals surface area contributed by atoms with Gasteiger partial charge in [-0.25, -0.2) is 0 Å². The molecule has 0 aliphatic carbocycles. The third-order valence-corrected chi connectivity index (χ3v) is 2.79. The fraction of sp³-hybridized carbons (Fsp3) is 0.231. The number of nitrogens with one attached hydrogen (secondary N) is 1. The third kappa shape index (κ3) is 2.68.